The zero-order valence-electron chi connectivity index (χ0n) is 14.9. The molecule has 27 heavy (non-hydrogen) atoms. The van der Waals surface area contributed by atoms with Gasteiger partial charge in [-0.15, -0.1) is 0 Å². The number of aromatic nitrogens is 2. The van der Waals surface area contributed by atoms with E-state index in [-0.39, 0.29) is 31.0 Å². The molecule has 0 saturated carbocycles. The number of halogens is 3. The third kappa shape index (κ3) is 2.97. The number of benzene rings is 1. The Morgan fingerprint density at radius 1 is 1.33 bits per heavy atom. The fourth-order valence-corrected chi connectivity index (χ4v) is 4.18. The van der Waals surface area contributed by atoms with Gasteiger partial charge in [-0.25, -0.2) is 23.3 Å². The van der Waals surface area contributed by atoms with E-state index in [4.69, 9.17) is 4.78 Å². The average Bonchev–Trinajstić information content (AvgIpc) is 2.93. The Balaban J connectivity index is 1.89. The molecule has 4 rings (SSSR count). The maximum Gasteiger partial charge on any atom is 0.290 e. The molecule has 9 heteroatoms. The predicted molar refractivity (Wildman–Crippen MR) is 96.4 cm³/mol. The summed E-state index contributed by atoms with van der Waals surface area (Å²) in [7, 11) is -2.96. The van der Waals surface area contributed by atoms with Crippen LogP contribution in [0.3, 0.4) is 0 Å². The number of hydrogen-bond acceptors (Lipinski definition) is 5. The maximum atomic E-state index is 14.4. The number of alkyl halides is 3. The number of fused-ring (bicyclic) bond motifs is 1. The standard InChI is InChI=1S/C18H19F3N4OS/c1-10-14(19)9-25(10)17-23-15(13-6-7-18(20,21)16(13)24-17)11-4-3-5-12(8-11)27(2,22)26/h3-5,8,10,14,22H,6-7,9H2,1-2H3/t10-,14+,27?/m0/s1. The fraction of sp³-hybridized carbons (Fsp3) is 0.444. The molecule has 144 valence electrons. The summed E-state index contributed by atoms with van der Waals surface area (Å²) in [5.41, 5.74) is 0.896. The second-order valence-electron chi connectivity index (χ2n) is 7.18. The summed E-state index contributed by atoms with van der Waals surface area (Å²) in [6.45, 7) is 1.73. The molecule has 1 saturated heterocycles. The fourth-order valence-electron chi connectivity index (χ4n) is 3.49. The van der Waals surface area contributed by atoms with Crippen molar-refractivity contribution in [3.63, 3.8) is 0 Å². The van der Waals surface area contributed by atoms with Crippen LogP contribution in [0.5, 0.6) is 0 Å². The summed E-state index contributed by atoms with van der Waals surface area (Å²) in [5, 5.41) is 0. The normalized spacial score (nSPS) is 25.6. The smallest absolute Gasteiger partial charge is 0.290 e. The molecule has 5 nitrogen and oxygen atoms in total. The van der Waals surface area contributed by atoms with Crippen molar-refractivity contribution in [3.05, 3.63) is 35.5 Å². The number of anilines is 1. The van der Waals surface area contributed by atoms with Crippen LogP contribution in [0.15, 0.2) is 29.2 Å². The Hall–Kier alpha value is -2.16. The number of hydrogen-bond donors (Lipinski definition) is 1. The third-order valence-corrected chi connectivity index (χ3v) is 6.38. The summed E-state index contributed by atoms with van der Waals surface area (Å²) in [6.07, 6.45) is 0.0462. The first kappa shape index (κ1) is 18.2. The highest BCUT2D eigenvalue weighted by atomic mass is 32.2. The van der Waals surface area contributed by atoms with Gasteiger partial charge in [-0.05, 0) is 25.5 Å². The van der Waals surface area contributed by atoms with Gasteiger partial charge in [-0.3, -0.25) is 0 Å². The van der Waals surface area contributed by atoms with Crippen LogP contribution in [-0.4, -0.2) is 39.2 Å². The number of nitrogens with one attached hydrogen (secondary N) is 1. The summed E-state index contributed by atoms with van der Waals surface area (Å²) in [5.74, 6) is -2.98. The van der Waals surface area contributed by atoms with Gasteiger partial charge in [0.2, 0.25) is 5.95 Å². The molecule has 2 heterocycles. The molecule has 0 spiro atoms. The summed E-state index contributed by atoms with van der Waals surface area (Å²) < 4.78 is 62.2. The highest BCUT2D eigenvalue weighted by Crippen LogP contribution is 2.45. The van der Waals surface area contributed by atoms with Crippen molar-refractivity contribution in [1.29, 1.82) is 4.78 Å². The van der Waals surface area contributed by atoms with E-state index in [1.54, 1.807) is 36.1 Å². The summed E-state index contributed by atoms with van der Waals surface area (Å²) in [4.78, 5) is 10.4. The Bertz CT molecular complexity index is 1030. The molecule has 0 bridgehead atoms. The van der Waals surface area contributed by atoms with Crippen molar-refractivity contribution in [2.45, 2.75) is 42.8 Å². The van der Waals surface area contributed by atoms with E-state index >= 15 is 0 Å². The van der Waals surface area contributed by atoms with Gasteiger partial charge in [0.1, 0.15) is 11.9 Å². The summed E-state index contributed by atoms with van der Waals surface area (Å²) in [6, 6.07) is 5.97. The van der Waals surface area contributed by atoms with E-state index in [0.29, 0.717) is 21.7 Å². The molecule has 2 aromatic rings. The first-order valence-corrected chi connectivity index (χ1v) is 10.6. The van der Waals surface area contributed by atoms with Crippen molar-refractivity contribution in [1.82, 2.24) is 9.97 Å². The maximum absolute atomic E-state index is 14.4. The minimum absolute atomic E-state index is 0.0699. The van der Waals surface area contributed by atoms with Crippen molar-refractivity contribution in [2.75, 3.05) is 17.7 Å². The van der Waals surface area contributed by atoms with Crippen LogP contribution >= 0.6 is 0 Å². The highest BCUT2D eigenvalue weighted by Gasteiger charge is 2.45. The van der Waals surface area contributed by atoms with E-state index in [9.17, 15) is 17.4 Å². The largest absolute Gasteiger partial charge is 0.332 e. The molecule has 0 radical (unpaired) electrons. The highest BCUT2D eigenvalue weighted by molar-refractivity contribution is 7.91. The van der Waals surface area contributed by atoms with Crippen LogP contribution in [0, 0.1) is 4.78 Å². The van der Waals surface area contributed by atoms with E-state index in [0.717, 1.165) is 0 Å². The van der Waals surface area contributed by atoms with Crippen molar-refractivity contribution in [3.8, 4) is 11.3 Å². The van der Waals surface area contributed by atoms with Gasteiger partial charge in [-0.1, -0.05) is 12.1 Å². The van der Waals surface area contributed by atoms with Crippen LogP contribution in [0.4, 0.5) is 19.1 Å². The Morgan fingerprint density at radius 2 is 2.07 bits per heavy atom. The summed E-state index contributed by atoms with van der Waals surface area (Å²) >= 11 is 0. The molecule has 2 aliphatic rings. The van der Waals surface area contributed by atoms with Crippen LogP contribution in [0.1, 0.15) is 24.6 Å². The molecule has 0 amide bonds. The van der Waals surface area contributed by atoms with Crippen molar-refractivity contribution in [2.24, 2.45) is 0 Å². The quantitative estimate of drug-likeness (QED) is 0.858. The van der Waals surface area contributed by atoms with Crippen molar-refractivity contribution >= 4 is 15.7 Å². The first-order chi connectivity index (χ1) is 12.6. The molecule has 1 aliphatic carbocycles. The second kappa shape index (κ2) is 5.92. The van der Waals surface area contributed by atoms with E-state index in [1.165, 1.54) is 6.26 Å². The number of nitrogens with zero attached hydrogens (tertiary/aromatic N) is 3. The van der Waals surface area contributed by atoms with Gasteiger partial charge in [0.05, 0.1) is 28.0 Å². The molecule has 1 fully saturated rings. The number of rotatable bonds is 3. The lowest BCUT2D eigenvalue weighted by molar-refractivity contribution is -0.00598. The van der Waals surface area contributed by atoms with Gasteiger partial charge >= 0.3 is 0 Å². The monoisotopic (exact) mass is 396 g/mol. The molecular weight excluding hydrogens is 377 g/mol. The minimum atomic E-state index is -3.06. The molecule has 1 aromatic carbocycles. The second-order valence-corrected chi connectivity index (χ2v) is 9.34. The third-order valence-electron chi connectivity index (χ3n) is 5.23. The zero-order chi connectivity index (χ0) is 19.6. The Morgan fingerprint density at radius 3 is 2.70 bits per heavy atom. The molecular formula is C18H19F3N4OS. The van der Waals surface area contributed by atoms with Crippen LogP contribution in [-0.2, 0) is 22.1 Å². The van der Waals surface area contributed by atoms with Crippen molar-refractivity contribution < 1.29 is 17.4 Å². The molecule has 1 aliphatic heterocycles. The lowest BCUT2D eigenvalue weighted by atomic mass is 10.0. The van der Waals surface area contributed by atoms with Gasteiger partial charge in [-0.2, -0.15) is 8.78 Å². The van der Waals surface area contributed by atoms with Gasteiger partial charge in [0, 0.05) is 28.7 Å². The van der Waals surface area contributed by atoms with E-state index < -0.39 is 27.9 Å². The van der Waals surface area contributed by atoms with Crippen LogP contribution in [0.25, 0.3) is 11.3 Å². The lowest BCUT2D eigenvalue weighted by Crippen LogP contribution is -2.57. The van der Waals surface area contributed by atoms with E-state index in [1.807, 2.05) is 0 Å². The van der Waals surface area contributed by atoms with Gasteiger partial charge in [0.25, 0.3) is 5.92 Å². The van der Waals surface area contributed by atoms with Gasteiger partial charge < -0.3 is 4.90 Å². The topological polar surface area (TPSA) is 69.9 Å². The molecule has 1 unspecified atom stereocenters. The van der Waals surface area contributed by atoms with Crippen LogP contribution < -0.4 is 4.90 Å². The van der Waals surface area contributed by atoms with E-state index in [2.05, 4.69) is 9.97 Å². The lowest BCUT2D eigenvalue weighted by Gasteiger charge is -2.42. The zero-order valence-corrected chi connectivity index (χ0v) is 15.7. The SMILES string of the molecule is C[C@H]1[C@H](F)CN1c1nc(-c2cccc(S(C)(=N)=O)c2)c2c(n1)C(F)(F)CC2. The molecule has 1 aromatic heterocycles. The average molecular weight is 396 g/mol. The first-order valence-electron chi connectivity index (χ1n) is 8.62. The Labute approximate surface area is 155 Å². The molecule has 3 atom stereocenters. The van der Waals surface area contributed by atoms with Crippen LogP contribution in [0.2, 0.25) is 0 Å². The molecule has 1 N–H and O–H groups in total. The predicted octanol–water partition coefficient (Wildman–Crippen LogP) is 3.76. The van der Waals surface area contributed by atoms with Gasteiger partial charge in [0.15, 0.2) is 0 Å². The Kier molecular flexibility index (Phi) is 3.99. The minimum Gasteiger partial charge on any atom is -0.332 e.